The van der Waals surface area contributed by atoms with E-state index in [-0.39, 0.29) is 0 Å². The molecule has 0 bridgehead atoms. The van der Waals surface area contributed by atoms with Gasteiger partial charge in [0, 0.05) is 19.2 Å². The molecule has 13 heavy (non-hydrogen) atoms. The van der Waals surface area contributed by atoms with Crippen molar-refractivity contribution < 1.29 is 4.74 Å². The predicted molar refractivity (Wildman–Crippen MR) is 53.8 cm³/mol. The van der Waals surface area contributed by atoms with Crippen molar-refractivity contribution >= 4 is 0 Å². The van der Waals surface area contributed by atoms with E-state index in [0.29, 0.717) is 6.10 Å². The topological polar surface area (TPSA) is 21.3 Å². The van der Waals surface area contributed by atoms with Crippen LogP contribution < -0.4 is 5.32 Å². The van der Waals surface area contributed by atoms with Gasteiger partial charge in [0.1, 0.15) is 0 Å². The van der Waals surface area contributed by atoms with Crippen molar-refractivity contribution in [2.24, 2.45) is 5.92 Å². The molecule has 2 heteroatoms. The maximum absolute atomic E-state index is 5.59. The number of rotatable bonds is 3. The van der Waals surface area contributed by atoms with Crippen molar-refractivity contribution in [1.29, 1.82) is 0 Å². The van der Waals surface area contributed by atoms with E-state index in [1.165, 1.54) is 32.1 Å². The Bertz CT molecular complexity index is 154. The highest BCUT2D eigenvalue weighted by molar-refractivity contribution is 4.81. The molecule has 2 nitrogen and oxygen atoms in total. The molecule has 0 radical (unpaired) electrons. The quantitative estimate of drug-likeness (QED) is 0.722. The lowest BCUT2D eigenvalue weighted by Gasteiger charge is -2.19. The molecule has 1 saturated carbocycles. The van der Waals surface area contributed by atoms with Gasteiger partial charge in [-0.25, -0.2) is 0 Å². The summed E-state index contributed by atoms with van der Waals surface area (Å²) in [7, 11) is 0. The third-order valence-corrected chi connectivity index (χ3v) is 3.49. The number of hydrogen-bond donors (Lipinski definition) is 1. The van der Waals surface area contributed by atoms with Crippen LogP contribution in [-0.4, -0.2) is 25.3 Å². The van der Waals surface area contributed by atoms with E-state index in [1.807, 2.05) is 0 Å². The molecule has 0 amide bonds. The minimum absolute atomic E-state index is 0.507. The van der Waals surface area contributed by atoms with E-state index in [0.717, 1.165) is 25.1 Å². The van der Waals surface area contributed by atoms with Crippen LogP contribution in [0.25, 0.3) is 0 Å². The van der Waals surface area contributed by atoms with Crippen LogP contribution in [-0.2, 0) is 4.74 Å². The normalized spacial score (nSPS) is 39.9. The van der Waals surface area contributed by atoms with Crippen LogP contribution in [0.2, 0.25) is 0 Å². The standard InChI is InChI=1S/C11H21NO/c1-9-4-2-6-11(9)12-8-10-5-3-7-13-10/h9-12H,2-8H2,1H3/t9-,10-,11-/m0/s1. The fourth-order valence-corrected chi connectivity index (χ4v) is 2.54. The summed E-state index contributed by atoms with van der Waals surface area (Å²) in [5.41, 5.74) is 0. The van der Waals surface area contributed by atoms with Crippen molar-refractivity contribution in [2.75, 3.05) is 13.2 Å². The van der Waals surface area contributed by atoms with Crippen LogP contribution in [0, 0.1) is 5.92 Å². The zero-order chi connectivity index (χ0) is 9.10. The minimum atomic E-state index is 0.507. The highest BCUT2D eigenvalue weighted by Gasteiger charge is 2.24. The first kappa shape index (κ1) is 9.47. The molecule has 2 fully saturated rings. The van der Waals surface area contributed by atoms with E-state index in [4.69, 9.17) is 4.74 Å². The second kappa shape index (κ2) is 4.43. The maximum Gasteiger partial charge on any atom is 0.0700 e. The molecule has 2 aliphatic rings. The first-order valence-electron chi connectivity index (χ1n) is 5.71. The van der Waals surface area contributed by atoms with Crippen molar-refractivity contribution in [2.45, 2.75) is 51.2 Å². The summed E-state index contributed by atoms with van der Waals surface area (Å²) in [5, 5.41) is 3.65. The Morgan fingerprint density at radius 1 is 1.23 bits per heavy atom. The highest BCUT2D eigenvalue weighted by atomic mass is 16.5. The van der Waals surface area contributed by atoms with Gasteiger partial charge in [0.15, 0.2) is 0 Å². The van der Waals surface area contributed by atoms with E-state index < -0.39 is 0 Å². The molecule has 1 aliphatic carbocycles. The Morgan fingerprint density at radius 3 is 2.77 bits per heavy atom. The van der Waals surface area contributed by atoms with Crippen LogP contribution >= 0.6 is 0 Å². The first-order chi connectivity index (χ1) is 6.36. The summed E-state index contributed by atoms with van der Waals surface area (Å²) in [5.74, 6) is 0.876. The molecule has 0 aromatic carbocycles. The SMILES string of the molecule is C[C@H]1CCC[C@@H]1NC[C@@H]1CCCO1. The van der Waals surface area contributed by atoms with Gasteiger partial charge in [0.25, 0.3) is 0 Å². The molecular weight excluding hydrogens is 162 g/mol. The molecule has 0 unspecified atom stereocenters. The Kier molecular flexibility index (Phi) is 3.23. The number of nitrogens with one attached hydrogen (secondary N) is 1. The third kappa shape index (κ3) is 2.44. The predicted octanol–water partition coefficient (Wildman–Crippen LogP) is 1.94. The average molecular weight is 183 g/mol. The molecule has 0 aromatic heterocycles. The molecule has 3 atom stereocenters. The van der Waals surface area contributed by atoms with E-state index in [9.17, 15) is 0 Å². The van der Waals surface area contributed by atoms with E-state index in [1.54, 1.807) is 0 Å². The Balaban J connectivity index is 1.66. The molecule has 76 valence electrons. The lowest BCUT2D eigenvalue weighted by atomic mass is 10.1. The minimum Gasteiger partial charge on any atom is -0.377 e. The maximum atomic E-state index is 5.59. The molecule has 1 N–H and O–H groups in total. The fraction of sp³-hybridized carbons (Fsp3) is 1.00. The van der Waals surface area contributed by atoms with Gasteiger partial charge >= 0.3 is 0 Å². The van der Waals surface area contributed by atoms with Crippen LogP contribution in [0.15, 0.2) is 0 Å². The fourth-order valence-electron chi connectivity index (χ4n) is 2.54. The Morgan fingerprint density at radius 2 is 2.15 bits per heavy atom. The molecule has 1 heterocycles. The van der Waals surface area contributed by atoms with Gasteiger partial charge < -0.3 is 10.1 Å². The van der Waals surface area contributed by atoms with Gasteiger partial charge in [0.05, 0.1) is 6.10 Å². The van der Waals surface area contributed by atoms with E-state index in [2.05, 4.69) is 12.2 Å². The van der Waals surface area contributed by atoms with Gasteiger partial charge in [-0.3, -0.25) is 0 Å². The molecule has 1 aliphatic heterocycles. The Hall–Kier alpha value is -0.0800. The van der Waals surface area contributed by atoms with Crippen LogP contribution in [0.1, 0.15) is 39.0 Å². The second-order valence-electron chi connectivity index (χ2n) is 4.56. The van der Waals surface area contributed by atoms with Gasteiger partial charge in [-0.05, 0) is 31.6 Å². The molecule has 0 aromatic rings. The number of ether oxygens (including phenoxy) is 1. The summed E-state index contributed by atoms with van der Waals surface area (Å²) in [6.07, 6.45) is 7.20. The van der Waals surface area contributed by atoms with Crippen LogP contribution in [0.3, 0.4) is 0 Å². The largest absolute Gasteiger partial charge is 0.377 e. The van der Waals surface area contributed by atoms with Gasteiger partial charge in [-0.1, -0.05) is 13.3 Å². The van der Waals surface area contributed by atoms with Crippen molar-refractivity contribution in [3.05, 3.63) is 0 Å². The van der Waals surface area contributed by atoms with Crippen LogP contribution in [0.5, 0.6) is 0 Å². The summed E-state index contributed by atoms with van der Waals surface area (Å²) in [6.45, 7) is 4.42. The molecule has 1 saturated heterocycles. The molecular formula is C11H21NO. The summed E-state index contributed by atoms with van der Waals surface area (Å²) < 4.78 is 5.59. The zero-order valence-electron chi connectivity index (χ0n) is 8.59. The summed E-state index contributed by atoms with van der Waals surface area (Å²) in [6, 6.07) is 0.768. The van der Waals surface area contributed by atoms with Gasteiger partial charge in [0.2, 0.25) is 0 Å². The molecule has 2 rings (SSSR count). The second-order valence-corrected chi connectivity index (χ2v) is 4.56. The van der Waals surface area contributed by atoms with Gasteiger partial charge in [-0.2, -0.15) is 0 Å². The molecule has 0 spiro atoms. The average Bonchev–Trinajstić information content (AvgIpc) is 2.72. The monoisotopic (exact) mass is 183 g/mol. The highest BCUT2D eigenvalue weighted by Crippen LogP contribution is 2.25. The Labute approximate surface area is 81.0 Å². The zero-order valence-corrected chi connectivity index (χ0v) is 8.59. The summed E-state index contributed by atoms with van der Waals surface area (Å²) >= 11 is 0. The third-order valence-electron chi connectivity index (χ3n) is 3.49. The van der Waals surface area contributed by atoms with Crippen LogP contribution in [0.4, 0.5) is 0 Å². The number of hydrogen-bond acceptors (Lipinski definition) is 2. The van der Waals surface area contributed by atoms with Crippen molar-refractivity contribution in [3.63, 3.8) is 0 Å². The lowest BCUT2D eigenvalue weighted by Crippen LogP contribution is -2.36. The lowest BCUT2D eigenvalue weighted by molar-refractivity contribution is 0.106. The smallest absolute Gasteiger partial charge is 0.0700 e. The van der Waals surface area contributed by atoms with Crippen molar-refractivity contribution in [3.8, 4) is 0 Å². The summed E-state index contributed by atoms with van der Waals surface area (Å²) in [4.78, 5) is 0. The van der Waals surface area contributed by atoms with Crippen molar-refractivity contribution in [1.82, 2.24) is 5.32 Å². The van der Waals surface area contributed by atoms with E-state index >= 15 is 0 Å². The first-order valence-corrected chi connectivity index (χ1v) is 5.71. The van der Waals surface area contributed by atoms with Gasteiger partial charge in [-0.15, -0.1) is 0 Å².